The van der Waals surface area contributed by atoms with Gasteiger partial charge in [-0.25, -0.2) is 0 Å². The molecule has 0 radical (unpaired) electrons. The maximum atomic E-state index is 12.4. The van der Waals surface area contributed by atoms with Crippen LogP contribution in [0.25, 0.3) is 0 Å². The molecule has 94 valence electrons. The number of unbranched alkanes of at least 4 members (excludes halogenated alkanes) is 1. The van der Waals surface area contributed by atoms with E-state index in [1.165, 1.54) is 12.8 Å². The van der Waals surface area contributed by atoms with Crippen LogP contribution in [0.4, 0.5) is 0 Å². The fourth-order valence-corrected chi connectivity index (χ4v) is 2.57. The van der Waals surface area contributed by atoms with Crippen molar-refractivity contribution in [3.63, 3.8) is 0 Å². The second-order valence-corrected chi connectivity index (χ2v) is 5.20. The molecule has 3 nitrogen and oxygen atoms in total. The Morgan fingerprint density at radius 1 is 1.31 bits per heavy atom. The van der Waals surface area contributed by atoms with Crippen molar-refractivity contribution >= 4 is 5.91 Å². The van der Waals surface area contributed by atoms with Crippen LogP contribution in [-0.2, 0) is 4.79 Å². The van der Waals surface area contributed by atoms with Crippen LogP contribution in [0.1, 0.15) is 52.4 Å². The van der Waals surface area contributed by atoms with Gasteiger partial charge in [0.25, 0.3) is 0 Å². The lowest BCUT2D eigenvalue weighted by atomic mass is 9.87. The number of nitrogens with zero attached hydrogens (tertiary/aromatic N) is 1. The fourth-order valence-electron chi connectivity index (χ4n) is 2.57. The molecule has 1 aliphatic carbocycles. The van der Waals surface area contributed by atoms with E-state index in [-0.39, 0.29) is 5.41 Å². The van der Waals surface area contributed by atoms with Gasteiger partial charge >= 0.3 is 0 Å². The summed E-state index contributed by atoms with van der Waals surface area (Å²) in [6, 6.07) is 0. The molecular weight excluding hydrogens is 200 g/mol. The summed E-state index contributed by atoms with van der Waals surface area (Å²) in [6.07, 6.45) is 6.73. The monoisotopic (exact) mass is 226 g/mol. The molecule has 1 aliphatic rings. The van der Waals surface area contributed by atoms with Crippen LogP contribution in [0.2, 0.25) is 0 Å². The summed E-state index contributed by atoms with van der Waals surface area (Å²) in [5.41, 5.74) is 5.49. The number of hydrogen-bond donors (Lipinski definition) is 1. The lowest BCUT2D eigenvalue weighted by Gasteiger charge is -2.31. The van der Waals surface area contributed by atoms with Gasteiger partial charge in [0.2, 0.25) is 5.91 Å². The van der Waals surface area contributed by atoms with E-state index >= 15 is 0 Å². The Morgan fingerprint density at radius 2 is 1.94 bits per heavy atom. The van der Waals surface area contributed by atoms with E-state index in [0.717, 1.165) is 32.2 Å². The molecule has 3 heteroatoms. The van der Waals surface area contributed by atoms with E-state index in [2.05, 4.69) is 13.8 Å². The number of carbonyl (C=O) groups excluding carboxylic acids is 1. The predicted octanol–water partition coefficient (Wildman–Crippen LogP) is 2.15. The van der Waals surface area contributed by atoms with Crippen molar-refractivity contribution in [2.75, 3.05) is 19.6 Å². The predicted molar refractivity (Wildman–Crippen MR) is 67.1 cm³/mol. The van der Waals surface area contributed by atoms with E-state index in [1.807, 2.05) is 4.90 Å². The molecule has 0 aromatic heterocycles. The van der Waals surface area contributed by atoms with Gasteiger partial charge in [0.15, 0.2) is 0 Å². The van der Waals surface area contributed by atoms with Gasteiger partial charge in [-0.1, -0.05) is 33.1 Å². The molecule has 1 fully saturated rings. The molecule has 0 heterocycles. The van der Waals surface area contributed by atoms with Crippen molar-refractivity contribution in [3.05, 3.63) is 0 Å². The van der Waals surface area contributed by atoms with E-state index in [4.69, 9.17) is 5.73 Å². The van der Waals surface area contributed by atoms with Gasteiger partial charge in [-0.3, -0.25) is 4.79 Å². The summed E-state index contributed by atoms with van der Waals surface area (Å²) in [6.45, 7) is 6.45. The molecule has 0 bridgehead atoms. The molecule has 0 aromatic carbocycles. The molecule has 0 aromatic rings. The first kappa shape index (κ1) is 13.5. The minimum absolute atomic E-state index is 0.0943. The number of hydrogen-bond acceptors (Lipinski definition) is 2. The maximum Gasteiger partial charge on any atom is 0.228 e. The first-order valence-electron chi connectivity index (χ1n) is 6.63. The Balaban J connectivity index is 2.58. The Hall–Kier alpha value is -0.570. The molecule has 16 heavy (non-hydrogen) atoms. The van der Waals surface area contributed by atoms with Gasteiger partial charge in [-0.2, -0.15) is 0 Å². The first-order chi connectivity index (χ1) is 7.64. The molecule has 1 saturated carbocycles. The molecule has 0 unspecified atom stereocenters. The van der Waals surface area contributed by atoms with Crippen molar-refractivity contribution in [2.24, 2.45) is 11.1 Å². The van der Waals surface area contributed by atoms with Crippen LogP contribution in [0.15, 0.2) is 0 Å². The van der Waals surface area contributed by atoms with Crippen molar-refractivity contribution in [3.8, 4) is 0 Å². The third kappa shape index (κ3) is 3.21. The maximum absolute atomic E-state index is 12.4. The first-order valence-corrected chi connectivity index (χ1v) is 6.63. The minimum Gasteiger partial charge on any atom is -0.341 e. The van der Waals surface area contributed by atoms with Crippen molar-refractivity contribution in [1.29, 1.82) is 0 Å². The van der Waals surface area contributed by atoms with Crippen LogP contribution in [0.5, 0.6) is 0 Å². The topological polar surface area (TPSA) is 46.3 Å². The summed E-state index contributed by atoms with van der Waals surface area (Å²) in [5.74, 6) is 0.337. The number of rotatable bonds is 6. The van der Waals surface area contributed by atoms with Gasteiger partial charge in [-0.05, 0) is 19.3 Å². The summed E-state index contributed by atoms with van der Waals surface area (Å²) in [7, 11) is 0. The van der Waals surface area contributed by atoms with Crippen LogP contribution in [0, 0.1) is 5.41 Å². The zero-order valence-electron chi connectivity index (χ0n) is 10.8. The quantitative estimate of drug-likeness (QED) is 0.754. The molecule has 1 rings (SSSR count). The average molecular weight is 226 g/mol. The van der Waals surface area contributed by atoms with Gasteiger partial charge in [0.1, 0.15) is 0 Å². The summed E-state index contributed by atoms with van der Waals surface area (Å²) >= 11 is 0. The van der Waals surface area contributed by atoms with E-state index in [1.54, 1.807) is 0 Å². The lowest BCUT2D eigenvalue weighted by molar-refractivity contribution is -0.141. The normalized spacial score (nSPS) is 18.7. The van der Waals surface area contributed by atoms with Crippen molar-refractivity contribution < 1.29 is 4.79 Å². The van der Waals surface area contributed by atoms with E-state index in [0.29, 0.717) is 19.0 Å². The van der Waals surface area contributed by atoms with Gasteiger partial charge in [0, 0.05) is 25.0 Å². The van der Waals surface area contributed by atoms with Crippen LogP contribution < -0.4 is 5.73 Å². The zero-order valence-corrected chi connectivity index (χ0v) is 10.8. The highest BCUT2D eigenvalue weighted by atomic mass is 16.2. The van der Waals surface area contributed by atoms with Crippen molar-refractivity contribution in [2.45, 2.75) is 52.4 Å². The third-order valence-corrected chi connectivity index (χ3v) is 3.69. The van der Waals surface area contributed by atoms with E-state index < -0.39 is 0 Å². The number of amides is 1. The molecule has 0 spiro atoms. The van der Waals surface area contributed by atoms with Crippen molar-refractivity contribution in [1.82, 2.24) is 4.90 Å². The Labute approximate surface area is 99.4 Å². The summed E-state index contributed by atoms with van der Waals surface area (Å²) in [5, 5.41) is 0. The van der Waals surface area contributed by atoms with Gasteiger partial charge in [0.05, 0.1) is 0 Å². The highest BCUT2D eigenvalue weighted by Gasteiger charge is 2.38. The van der Waals surface area contributed by atoms with Gasteiger partial charge in [-0.15, -0.1) is 0 Å². The van der Waals surface area contributed by atoms with Crippen LogP contribution >= 0.6 is 0 Å². The average Bonchev–Trinajstić information content (AvgIpc) is 2.72. The zero-order chi connectivity index (χ0) is 12.0. The Bertz CT molecular complexity index is 222. The summed E-state index contributed by atoms with van der Waals surface area (Å²) < 4.78 is 0. The molecular formula is C13H26N2O. The highest BCUT2D eigenvalue weighted by molar-refractivity contribution is 5.82. The second kappa shape index (κ2) is 6.24. The lowest BCUT2D eigenvalue weighted by Crippen LogP contribution is -2.43. The SMILES string of the molecule is CCCCN(CCN)C(=O)C1(C)CCCC1. The standard InChI is InChI=1S/C13H26N2O/c1-3-4-10-15(11-9-14)12(16)13(2)7-5-6-8-13/h3-11,14H2,1-2H3. The molecule has 2 N–H and O–H groups in total. The van der Waals surface area contributed by atoms with Gasteiger partial charge < -0.3 is 10.6 Å². The second-order valence-electron chi connectivity index (χ2n) is 5.20. The Kier molecular flexibility index (Phi) is 5.26. The fraction of sp³-hybridized carbons (Fsp3) is 0.923. The van der Waals surface area contributed by atoms with Crippen LogP contribution in [0.3, 0.4) is 0 Å². The molecule has 1 amide bonds. The number of nitrogens with two attached hydrogens (primary N) is 1. The van der Waals surface area contributed by atoms with E-state index in [9.17, 15) is 4.79 Å². The Morgan fingerprint density at radius 3 is 2.44 bits per heavy atom. The summed E-state index contributed by atoms with van der Waals surface area (Å²) in [4.78, 5) is 14.4. The van der Waals surface area contributed by atoms with Crippen LogP contribution in [-0.4, -0.2) is 30.4 Å². The number of carbonyl (C=O) groups is 1. The third-order valence-electron chi connectivity index (χ3n) is 3.69. The molecule has 0 saturated heterocycles. The molecule has 0 atom stereocenters. The highest BCUT2D eigenvalue weighted by Crippen LogP contribution is 2.39. The smallest absolute Gasteiger partial charge is 0.228 e. The largest absolute Gasteiger partial charge is 0.341 e. The molecule has 0 aliphatic heterocycles. The minimum atomic E-state index is -0.0943.